The minimum Gasteiger partial charge on any atom is -0.462 e. The Morgan fingerprint density at radius 2 is 2.19 bits per heavy atom. The summed E-state index contributed by atoms with van der Waals surface area (Å²) in [6.45, 7) is 5.87. The molecule has 0 unspecified atom stereocenters. The van der Waals surface area contributed by atoms with Gasteiger partial charge in [0.25, 0.3) is 0 Å². The molecule has 0 N–H and O–H groups in total. The summed E-state index contributed by atoms with van der Waals surface area (Å²) in [5, 5.41) is 13.1. The number of aliphatic imine (C=N–C) groups is 1. The summed E-state index contributed by atoms with van der Waals surface area (Å²) in [6, 6.07) is 9.36. The highest BCUT2D eigenvalue weighted by atomic mass is 16.5. The topological polar surface area (TPSA) is 80.3 Å². The number of benzene rings is 1. The number of aromatic nitrogens is 2. The average molecular weight is 282 g/mol. The zero-order valence-electron chi connectivity index (χ0n) is 11.6. The molecule has 6 heteroatoms. The molecule has 0 aliphatic heterocycles. The van der Waals surface area contributed by atoms with Gasteiger partial charge in [0, 0.05) is 6.20 Å². The van der Waals surface area contributed by atoms with E-state index in [1.165, 1.54) is 6.20 Å². The fourth-order valence-corrected chi connectivity index (χ4v) is 1.84. The van der Waals surface area contributed by atoms with Crippen LogP contribution < -0.4 is 0 Å². The first-order valence-electron chi connectivity index (χ1n) is 6.38. The van der Waals surface area contributed by atoms with Crippen LogP contribution in [0, 0.1) is 11.3 Å². The summed E-state index contributed by atoms with van der Waals surface area (Å²) < 4.78 is 6.44. The van der Waals surface area contributed by atoms with Crippen molar-refractivity contribution in [2.24, 2.45) is 4.99 Å². The molecule has 0 saturated heterocycles. The van der Waals surface area contributed by atoms with Crippen LogP contribution in [0.1, 0.15) is 28.5 Å². The molecule has 0 spiro atoms. The molecular formula is C15H14N4O2. The standard InChI is InChI=1S/C15H14N4O2/c1-3-21-15(20)13-10-19(18-14(13)8-16)9-11-4-6-12(17-2)7-5-11/h4-7,10H,2-3,9H2,1H3. The van der Waals surface area contributed by atoms with E-state index in [4.69, 9.17) is 10.00 Å². The molecular weight excluding hydrogens is 268 g/mol. The first kappa shape index (κ1) is 14.5. The van der Waals surface area contributed by atoms with E-state index in [9.17, 15) is 4.79 Å². The van der Waals surface area contributed by atoms with E-state index in [2.05, 4.69) is 16.8 Å². The van der Waals surface area contributed by atoms with E-state index < -0.39 is 5.97 Å². The van der Waals surface area contributed by atoms with Crippen molar-refractivity contribution in [1.82, 2.24) is 9.78 Å². The Hall–Kier alpha value is -2.94. The highest BCUT2D eigenvalue weighted by molar-refractivity contribution is 5.91. The SMILES string of the molecule is C=Nc1ccc(Cn2cc(C(=O)OCC)c(C#N)n2)cc1. The lowest BCUT2D eigenvalue weighted by atomic mass is 10.2. The normalized spacial score (nSPS) is 9.90. The van der Waals surface area contributed by atoms with Crippen molar-refractivity contribution in [1.29, 1.82) is 5.26 Å². The third kappa shape index (κ3) is 3.34. The van der Waals surface area contributed by atoms with Gasteiger partial charge in [-0.05, 0) is 31.3 Å². The zero-order valence-corrected chi connectivity index (χ0v) is 11.6. The second kappa shape index (κ2) is 6.48. The largest absolute Gasteiger partial charge is 0.462 e. The molecule has 0 atom stereocenters. The summed E-state index contributed by atoms with van der Waals surface area (Å²) in [4.78, 5) is 15.5. The van der Waals surface area contributed by atoms with Gasteiger partial charge in [0.2, 0.25) is 0 Å². The van der Waals surface area contributed by atoms with Crippen molar-refractivity contribution >= 4 is 18.4 Å². The van der Waals surface area contributed by atoms with Gasteiger partial charge in [-0.15, -0.1) is 0 Å². The van der Waals surface area contributed by atoms with E-state index in [0.717, 1.165) is 11.3 Å². The summed E-state index contributed by atoms with van der Waals surface area (Å²) >= 11 is 0. The average Bonchev–Trinajstić information content (AvgIpc) is 2.91. The van der Waals surface area contributed by atoms with Crippen molar-refractivity contribution in [2.45, 2.75) is 13.5 Å². The molecule has 21 heavy (non-hydrogen) atoms. The molecule has 0 saturated carbocycles. The number of nitriles is 1. The van der Waals surface area contributed by atoms with Crippen molar-refractivity contribution < 1.29 is 9.53 Å². The van der Waals surface area contributed by atoms with Crippen LogP contribution in [0.5, 0.6) is 0 Å². The Bertz CT molecular complexity index is 695. The highest BCUT2D eigenvalue weighted by Gasteiger charge is 2.17. The van der Waals surface area contributed by atoms with Crippen molar-refractivity contribution in [2.75, 3.05) is 6.61 Å². The predicted molar refractivity (Wildman–Crippen MR) is 77.7 cm³/mol. The molecule has 0 radical (unpaired) electrons. The van der Waals surface area contributed by atoms with Gasteiger partial charge in [-0.3, -0.25) is 9.67 Å². The number of ether oxygens (including phenoxy) is 1. The Morgan fingerprint density at radius 3 is 2.76 bits per heavy atom. The van der Waals surface area contributed by atoms with Crippen molar-refractivity contribution in [3.05, 3.63) is 47.3 Å². The van der Waals surface area contributed by atoms with Crippen LogP contribution in [0.15, 0.2) is 35.5 Å². The third-order valence-corrected chi connectivity index (χ3v) is 2.83. The van der Waals surface area contributed by atoms with Crippen LogP contribution in [0.25, 0.3) is 0 Å². The van der Waals surface area contributed by atoms with Gasteiger partial charge in [0.05, 0.1) is 18.8 Å². The molecule has 2 aromatic rings. The Morgan fingerprint density at radius 1 is 1.48 bits per heavy atom. The maximum atomic E-state index is 11.7. The van der Waals surface area contributed by atoms with Crippen LogP contribution in [0.3, 0.4) is 0 Å². The molecule has 0 amide bonds. The van der Waals surface area contributed by atoms with Crippen LogP contribution in [-0.2, 0) is 11.3 Å². The third-order valence-electron chi connectivity index (χ3n) is 2.83. The van der Waals surface area contributed by atoms with Gasteiger partial charge in [-0.2, -0.15) is 10.4 Å². The van der Waals surface area contributed by atoms with Gasteiger partial charge < -0.3 is 4.74 Å². The predicted octanol–water partition coefficient (Wildman–Crippen LogP) is 2.31. The number of hydrogen-bond acceptors (Lipinski definition) is 5. The fraction of sp³-hybridized carbons (Fsp3) is 0.200. The molecule has 2 rings (SSSR count). The quantitative estimate of drug-likeness (QED) is 0.622. The van der Waals surface area contributed by atoms with Gasteiger partial charge in [0.15, 0.2) is 5.69 Å². The summed E-state index contributed by atoms with van der Waals surface area (Å²) in [5.74, 6) is -0.536. The van der Waals surface area contributed by atoms with E-state index in [-0.39, 0.29) is 17.9 Å². The number of rotatable bonds is 5. The Balaban J connectivity index is 2.22. The lowest BCUT2D eigenvalue weighted by Crippen LogP contribution is -2.05. The van der Waals surface area contributed by atoms with Crippen LogP contribution >= 0.6 is 0 Å². The molecule has 1 aromatic heterocycles. The van der Waals surface area contributed by atoms with Crippen molar-refractivity contribution in [3.63, 3.8) is 0 Å². The maximum absolute atomic E-state index is 11.7. The number of hydrogen-bond donors (Lipinski definition) is 0. The number of carbonyl (C=O) groups is 1. The highest BCUT2D eigenvalue weighted by Crippen LogP contribution is 2.14. The lowest BCUT2D eigenvalue weighted by Gasteiger charge is -2.02. The first-order valence-corrected chi connectivity index (χ1v) is 6.38. The molecule has 1 aromatic carbocycles. The van der Waals surface area contributed by atoms with Gasteiger partial charge in [0.1, 0.15) is 11.6 Å². The molecule has 0 aliphatic rings. The molecule has 0 fully saturated rings. The smallest absolute Gasteiger partial charge is 0.342 e. The van der Waals surface area contributed by atoms with Crippen LogP contribution in [0.4, 0.5) is 5.69 Å². The van der Waals surface area contributed by atoms with Crippen LogP contribution in [0.2, 0.25) is 0 Å². The van der Waals surface area contributed by atoms with Crippen molar-refractivity contribution in [3.8, 4) is 6.07 Å². The maximum Gasteiger partial charge on any atom is 0.342 e. The number of esters is 1. The second-order valence-corrected chi connectivity index (χ2v) is 4.25. The minimum atomic E-state index is -0.536. The number of nitrogens with zero attached hydrogens (tertiary/aromatic N) is 4. The van der Waals surface area contributed by atoms with E-state index >= 15 is 0 Å². The first-order chi connectivity index (χ1) is 10.2. The zero-order chi connectivity index (χ0) is 15.2. The van der Waals surface area contributed by atoms with E-state index in [0.29, 0.717) is 6.54 Å². The molecule has 6 nitrogen and oxygen atoms in total. The molecule has 1 heterocycles. The minimum absolute atomic E-state index is 0.0674. The molecule has 106 valence electrons. The monoisotopic (exact) mass is 282 g/mol. The lowest BCUT2D eigenvalue weighted by molar-refractivity contribution is 0.0526. The van der Waals surface area contributed by atoms with Crippen LogP contribution in [-0.4, -0.2) is 29.1 Å². The second-order valence-electron chi connectivity index (χ2n) is 4.25. The van der Waals surface area contributed by atoms with E-state index in [1.807, 2.05) is 30.3 Å². The summed E-state index contributed by atoms with van der Waals surface area (Å²) in [7, 11) is 0. The molecule has 0 aliphatic carbocycles. The van der Waals surface area contributed by atoms with Gasteiger partial charge in [-0.1, -0.05) is 12.1 Å². The number of carbonyl (C=O) groups excluding carboxylic acids is 1. The fourth-order valence-electron chi connectivity index (χ4n) is 1.84. The molecule has 0 bridgehead atoms. The van der Waals surface area contributed by atoms with Gasteiger partial charge in [-0.25, -0.2) is 4.79 Å². The Labute approximate surface area is 122 Å². The summed E-state index contributed by atoms with van der Waals surface area (Å²) in [6.07, 6.45) is 1.52. The summed E-state index contributed by atoms with van der Waals surface area (Å²) in [5.41, 5.74) is 2.01. The van der Waals surface area contributed by atoms with E-state index in [1.54, 1.807) is 11.6 Å². The Kier molecular flexibility index (Phi) is 4.46. The van der Waals surface area contributed by atoms with Gasteiger partial charge >= 0.3 is 5.97 Å².